The maximum absolute atomic E-state index is 17.1. The van der Waals surface area contributed by atoms with Crippen molar-refractivity contribution in [2.75, 3.05) is 19.7 Å². The number of carbonyl (C=O) groups excluding carboxylic acids is 1. The highest BCUT2D eigenvalue weighted by molar-refractivity contribution is 6.43. The van der Waals surface area contributed by atoms with E-state index in [9.17, 15) is 15.3 Å². The van der Waals surface area contributed by atoms with Gasteiger partial charge in [-0.2, -0.15) is 10.5 Å². The smallest absolute Gasteiger partial charge is 0.226 e. The zero-order chi connectivity index (χ0) is 34.5. The fraction of sp³-hybridized carbons (Fsp3) is 0.487. The van der Waals surface area contributed by atoms with E-state index in [4.69, 9.17) is 32.9 Å². The molecular formula is C39H37Cl2FN6O2. The van der Waals surface area contributed by atoms with Crippen LogP contribution in [-0.2, 0) is 16.0 Å². The molecule has 3 saturated heterocycles. The lowest BCUT2D eigenvalue weighted by atomic mass is 9.79. The molecule has 1 N–H and O–H groups in total. The fourth-order valence-electron chi connectivity index (χ4n) is 8.82. The van der Waals surface area contributed by atoms with Crippen LogP contribution in [0.4, 0.5) is 4.39 Å². The summed E-state index contributed by atoms with van der Waals surface area (Å²) in [5.41, 5.74) is 3.96. The first kappa shape index (κ1) is 32.2. The number of hydrogen-bond acceptors (Lipinski definition) is 6. The minimum absolute atomic E-state index is 0.0438. The first-order valence-electron chi connectivity index (χ1n) is 17.8. The maximum Gasteiger partial charge on any atom is 0.226 e. The number of ether oxygens (including phenoxy) is 1. The lowest BCUT2D eigenvalue weighted by molar-refractivity contribution is -0.134. The standard InChI is InChI=1S/C39H37Cl2FN6O2/c1-20-26-15-31(30-14-24(50-19-39(18-44)9-10-39)17-47(30)38(49)21-7-8-21)48(36-23-13-29(36)45-16-23)37(26)27-12-22(4-3-11-43)32(34(42)35(27)46-20)25-5-2-6-28(40)33(25)41/h2,5-6,12,15,21,23-24,29-30,36,45H,3-4,7-10,13-14,16-17,19H2,1H3. The Labute approximate surface area is 300 Å². The largest absolute Gasteiger partial charge is 0.375 e. The first-order chi connectivity index (χ1) is 24.2. The number of nitrogens with one attached hydrogen (secondary N) is 1. The normalized spacial score (nSPS) is 26.3. The van der Waals surface area contributed by atoms with Crippen LogP contribution in [0.3, 0.4) is 0 Å². The summed E-state index contributed by atoms with van der Waals surface area (Å²) in [6.07, 6.45) is 5.59. The Morgan fingerprint density at radius 2 is 2.00 bits per heavy atom. The summed E-state index contributed by atoms with van der Waals surface area (Å²) < 4.78 is 26.0. The number of halogens is 3. The average Bonchev–Trinajstić information content (AvgIpc) is 3.89. The Balaban J connectivity index is 1.25. The van der Waals surface area contributed by atoms with E-state index in [1.807, 2.05) is 17.9 Å². The van der Waals surface area contributed by atoms with Gasteiger partial charge >= 0.3 is 0 Å². The molecule has 10 rings (SSSR count). The molecule has 11 heteroatoms. The molecule has 2 aromatic heterocycles. The zero-order valence-corrected chi connectivity index (χ0v) is 29.3. The molecule has 256 valence electrons. The Morgan fingerprint density at radius 3 is 2.68 bits per heavy atom. The van der Waals surface area contributed by atoms with Gasteiger partial charge in [-0.25, -0.2) is 9.37 Å². The van der Waals surface area contributed by atoms with E-state index in [0.717, 1.165) is 55.2 Å². The topological polar surface area (TPSA) is 107 Å². The first-order valence-corrected chi connectivity index (χ1v) is 18.5. The second-order valence-corrected chi connectivity index (χ2v) is 15.9. The van der Waals surface area contributed by atoms with Crippen molar-refractivity contribution in [2.24, 2.45) is 17.3 Å². The van der Waals surface area contributed by atoms with Gasteiger partial charge in [-0.15, -0.1) is 0 Å². The van der Waals surface area contributed by atoms with Crippen LogP contribution in [-0.4, -0.2) is 52.2 Å². The van der Waals surface area contributed by atoms with Crippen molar-refractivity contribution in [3.05, 3.63) is 63.1 Å². The van der Waals surface area contributed by atoms with Gasteiger partial charge in [-0.3, -0.25) is 4.79 Å². The third kappa shape index (κ3) is 5.04. The average molecular weight is 712 g/mol. The molecule has 8 nitrogen and oxygen atoms in total. The summed E-state index contributed by atoms with van der Waals surface area (Å²) in [7, 11) is 0. The van der Waals surface area contributed by atoms with Gasteiger partial charge < -0.3 is 19.5 Å². The molecule has 5 unspecified atom stereocenters. The van der Waals surface area contributed by atoms with E-state index in [-0.39, 0.29) is 53.0 Å². The molecule has 4 aromatic rings. The number of likely N-dealkylation sites (tertiary alicyclic amines) is 1. The number of nitrogens with zero attached hydrogens (tertiary/aromatic N) is 5. The molecule has 3 aliphatic carbocycles. The molecule has 0 radical (unpaired) electrons. The molecule has 5 atom stereocenters. The number of benzene rings is 2. The number of aromatic nitrogens is 2. The second-order valence-electron chi connectivity index (χ2n) is 15.1. The van der Waals surface area contributed by atoms with Crippen LogP contribution >= 0.6 is 23.2 Å². The van der Waals surface area contributed by atoms with Gasteiger partial charge in [-0.05, 0) is 75.1 Å². The third-order valence-electron chi connectivity index (χ3n) is 11.9. The van der Waals surface area contributed by atoms with Crippen molar-refractivity contribution in [2.45, 2.75) is 82.5 Å². The van der Waals surface area contributed by atoms with Crippen molar-refractivity contribution >= 4 is 50.9 Å². The number of fused-ring (bicyclic) bond motifs is 4. The van der Waals surface area contributed by atoms with Crippen LogP contribution in [0.2, 0.25) is 10.0 Å². The lowest BCUT2D eigenvalue weighted by Gasteiger charge is -2.39. The van der Waals surface area contributed by atoms with Crippen molar-refractivity contribution < 1.29 is 13.9 Å². The van der Waals surface area contributed by atoms with E-state index < -0.39 is 11.2 Å². The molecule has 2 bridgehead atoms. The van der Waals surface area contributed by atoms with E-state index in [2.05, 4.69) is 28.1 Å². The minimum Gasteiger partial charge on any atom is -0.375 e. The molecule has 50 heavy (non-hydrogen) atoms. The summed E-state index contributed by atoms with van der Waals surface area (Å²) >= 11 is 13.1. The molecule has 2 aromatic carbocycles. The summed E-state index contributed by atoms with van der Waals surface area (Å²) in [6, 6.07) is 14.2. The number of nitriles is 2. The Hall–Kier alpha value is -3.73. The second kappa shape index (κ2) is 11.9. The molecule has 6 aliphatic rings. The van der Waals surface area contributed by atoms with Gasteiger partial charge in [0.05, 0.1) is 57.9 Å². The van der Waals surface area contributed by atoms with Crippen molar-refractivity contribution in [3.63, 3.8) is 0 Å². The SMILES string of the molecule is Cc1nc2c(F)c(-c3cccc(Cl)c3Cl)c(CCC#N)cc2c2c1cc(C1CC(OCC3(C#N)CC3)CN1C(=O)C1CC1)n2C1C2CNC1C2. The predicted molar refractivity (Wildman–Crippen MR) is 189 cm³/mol. The highest BCUT2D eigenvalue weighted by Crippen LogP contribution is 2.52. The minimum atomic E-state index is -0.486. The molecule has 1 amide bonds. The van der Waals surface area contributed by atoms with Gasteiger partial charge in [-0.1, -0.05) is 35.3 Å². The Bertz CT molecular complexity index is 2170. The van der Waals surface area contributed by atoms with Gasteiger partial charge in [0, 0.05) is 71.2 Å². The van der Waals surface area contributed by atoms with Crippen molar-refractivity contribution in [1.82, 2.24) is 19.8 Å². The van der Waals surface area contributed by atoms with Crippen LogP contribution < -0.4 is 5.32 Å². The lowest BCUT2D eigenvalue weighted by Crippen LogP contribution is -2.41. The quantitative estimate of drug-likeness (QED) is 0.189. The van der Waals surface area contributed by atoms with Crippen LogP contribution in [0, 0.1) is 52.7 Å². The summed E-state index contributed by atoms with van der Waals surface area (Å²) in [4.78, 5) is 20.8. The van der Waals surface area contributed by atoms with Crippen LogP contribution in [0.1, 0.15) is 74.0 Å². The summed E-state index contributed by atoms with van der Waals surface area (Å²) in [6.45, 7) is 3.72. The van der Waals surface area contributed by atoms with Gasteiger partial charge in [0.2, 0.25) is 5.91 Å². The highest BCUT2D eigenvalue weighted by Gasteiger charge is 2.51. The number of rotatable bonds is 9. The number of pyridine rings is 1. The van der Waals surface area contributed by atoms with E-state index in [0.29, 0.717) is 64.7 Å². The van der Waals surface area contributed by atoms with E-state index >= 15 is 4.39 Å². The number of carbonyl (C=O) groups is 1. The molecule has 6 fully saturated rings. The van der Waals surface area contributed by atoms with Crippen molar-refractivity contribution in [1.29, 1.82) is 10.5 Å². The van der Waals surface area contributed by atoms with Crippen LogP contribution in [0.15, 0.2) is 30.3 Å². The van der Waals surface area contributed by atoms with Gasteiger partial charge in [0.15, 0.2) is 5.82 Å². The summed E-state index contributed by atoms with van der Waals surface area (Å²) in [5.74, 6) is 0.139. The van der Waals surface area contributed by atoms with Crippen LogP contribution in [0.5, 0.6) is 0 Å². The molecule has 0 spiro atoms. The van der Waals surface area contributed by atoms with Gasteiger partial charge in [0.1, 0.15) is 5.52 Å². The van der Waals surface area contributed by atoms with Crippen LogP contribution in [0.25, 0.3) is 32.9 Å². The molecule has 5 heterocycles. The number of amides is 1. The molecular weight excluding hydrogens is 674 g/mol. The highest BCUT2D eigenvalue weighted by atomic mass is 35.5. The van der Waals surface area contributed by atoms with E-state index in [1.54, 1.807) is 18.2 Å². The monoisotopic (exact) mass is 710 g/mol. The molecule has 3 aliphatic heterocycles. The predicted octanol–water partition coefficient (Wildman–Crippen LogP) is 7.97. The number of hydrogen-bond donors (Lipinski definition) is 1. The number of aryl methyl sites for hydroxylation is 2. The fourth-order valence-corrected chi connectivity index (χ4v) is 9.22. The maximum atomic E-state index is 17.1. The van der Waals surface area contributed by atoms with E-state index in [1.165, 1.54) is 0 Å². The Morgan fingerprint density at radius 1 is 1.18 bits per heavy atom. The van der Waals surface area contributed by atoms with Gasteiger partial charge in [0.25, 0.3) is 0 Å². The third-order valence-corrected chi connectivity index (χ3v) is 12.8. The molecule has 3 saturated carbocycles. The Kier molecular flexibility index (Phi) is 7.68. The summed E-state index contributed by atoms with van der Waals surface area (Å²) in [5, 5.41) is 25.2. The van der Waals surface area contributed by atoms with Crippen molar-refractivity contribution in [3.8, 4) is 23.3 Å². The zero-order valence-electron chi connectivity index (χ0n) is 27.8.